The summed E-state index contributed by atoms with van der Waals surface area (Å²) in [4.78, 5) is 9.85. The Labute approximate surface area is 232 Å². The van der Waals surface area contributed by atoms with Crippen LogP contribution in [0.1, 0.15) is 0 Å². The van der Waals surface area contributed by atoms with Gasteiger partial charge < -0.3 is 4.90 Å². The topological polar surface area (TPSA) is 29.0 Å². The molecule has 8 rings (SSSR count). The van der Waals surface area contributed by atoms with Crippen molar-refractivity contribution in [3.05, 3.63) is 115 Å². The van der Waals surface area contributed by atoms with Gasteiger partial charge in [0.05, 0.1) is 11.4 Å². The summed E-state index contributed by atoms with van der Waals surface area (Å²) in [7, 11) is 0. The third-order valence-corrected chi connectivity index (χ3v) is 9.99. The van der Waals surface area contributed by atoms with Crippen molar-refractivity contribution in [1.29, 1.82) is 0 Å². The fraction of sp³-hybridized carbons (Fsp3) is 0. The van der Waals surface area contributed by atoms with Crippen LogP contribution in [0, 0.1) is 0 Å². The van der Waals surface area contributed by atoms with E-state index in [0.717, 1.165) is 27.6 Å². The van der Waals surface area contributed by atoms with Gasteiger partial charge in [-0.2, -0.15) is 4.37 Å². The summed E-state index contributed by atoms with van der Waals surface area (Å²) in [5, 5.41) is 3.49. The fourth-order valence-electron chi connectivity index (χ4n) is 5.11. The number of hydrogen-bond donors (Lipinski definition) is 0. The summed E-state index contributed by atoms with van der Waals surface area (Å²) in [5.74, 6) is 0.794. The van der Waals surface area contributed by atoms with Gasteiger partial charge in [0, 0.05) is 46.8 Å². The van der Waals surface area contributed by atoms with Gasteiger partial charge in [-0.15, -0.1) is 11.3 Å². The molecule has 0 bridgehead atoms. The van der Waals surface area contributed by atoms with Gasteiger partial charge >= 0.3 is 0 Å². The molecule has 3 nitrogen and oxygen atoms in total. The largest absolute Gasteiger partial charge is 0.308 e. The average Bonchev–Trinajstić information content (AvgIpc) is 3.61. The van der Waals surface area contributed by atoms with Gasteiger partial charge in [0.2, 0.25) is 0 Å². The molecule has 1 aliphatic rings. The van der Waals surface area contributed by atoms with Gasteiger partial charge in [0.15, 0.2) is 5.82 Å². The molecule has 0 amide bonds. The quantitative estimate of drug-likeness (QED) is 0.222. The molecule has 0 unspecified atom stereocenters. The Balaban J connectivity index is 1.17. The van der Waals surface area contributed by atoms with E-state index >= 15 is 0 Å². The first-order valence-electron chi connectivity index (χ1n) is 12.3. The van der Waals surface area contributed by atoms with E-state index in [1.165, 1.54) is 52.9 Å². The minimum Gasteiger partial charge on any atom is -0.308 e. The van der Waals surface area contributed by atoms with Crippen molar-refractivity contribution in [2.24, 2.45) is 0 Å². The van der Waals surface area contributed by atoms with Gasteiger partial charge in [-0.25, -0.2) is 4.98 Å². The van der Waals surface area contributed by atoms with Crippen LogP contribution in [-0.4, -0.2) is 9.36 Å². The van der Waals surface area contributed by atoms with Crippen LogP contribution in [0.25, 0.3) is 42.1 Å². The Morgan fingerprint density at radius 3 is 2.08 bits per heavy atom. The maximum atomic E-state index is 4.98. The van der Waals surface area contributed by atoms with Crippen molar-refractivity contribution >= 4 is 71.9 Å². The molecular formula is C32H19N3S3. The molecule has 0 fully saturated rings. The van der Waals surface area contributed by atoms with Gasteiger partial charge in [-0.1, -0.05) is 66.4 Å². The third-order valence-electron chi connectivity index (χ3n) is 6.88. The van der Waals surface area contributed by atoms with Gasteiger partial charge in [0.25, 0.3) is 0 Å². The lowest BCUT2D eigenvalue weighted by atomic mass is 10.1. The van der Waals surface area contributed by atoms with Crippen LogP contribution < -0.4 is 4.90 Å². The highest BCUT2D eigenvalue weighted by molar-refractivity contribution is 7.99. The Bertz CT molecular complexity index is 1920. The number of aromatic nitrogens is 2. The summed E-state index contributed by atoms with van der Waals surface area (Å²) in [6.07, 6.45) is 0. The molecule has 0 spiro atoms. The number of para-hydroxylation sites is 2. The highest BCUT2D eigenvalue weighted by Crippen LogP contribution is 2.51. The van der Waals surface area contributed by atoms with Crippen molar-refractivity contribution < 1.29 is 0 Å². The highest BCUT2D eigenvalue weighted by Gasteiger charge is 2.24. The second kappa shape index (κ2) is 8.81. The number of anilines is 3. The van der Waals surface area contributed by atoms with Crippen LogP contribution in [0.4, 0.5) is 17.1 Å². The van der Waals surface area contributed by atoms with Gasteiger partial charge in [-0.05, 0) is 72.2 Å². The Morgan fingerprint density at radius 1 is 0.605 bits per heavy atom. The second-order valence-corrected chi connectivity index (χ2v) is 12.0. The number of fused-ring (bicyclic) bond motifs is 5. The molecule has 0 saturated heterocycles. The van der Waals surface area contributed by atoms with Gasteiger partial charge in [0.1, 0.15) is 5.01 Å². The van der Waals surface area contributed by atoms with Crippen LogP contribution in [0.3, 0.4) is 0 Å². The first-order chi connectivity index (χ1) is 18.8. The molecule has 38 heavy (non-hydrogen) atoms. The maximum absolute atomic E-state index is 4.98. The van der Waals surface area contributed by atoms with Gasteiger partial charge in [-0.3, -0.25) is 0 Å². The molecule has 0 aliphatic carbocycles. The minimum absolute atomic E-state index is 0.794. The molecule has 0 saturated carbocycles. The van der Waals surface area contributed by atoms with Crippen molar-refractivity contribution in [1.82, 2.24) is 9.36 Å². The molecule has 0 atom stereocenters. The van der Waals surface area contributed by atoms with E-state index < -0.39 is 0 Å². The van der Waals surface area contributed by atoms with E-state index in [0.29, 0.717) is 0 Å². The Hall–Kier alpha value is -3.97. The second-order valence-electron chi connectivity index (χ2n) is 9.12. The predicted molar refractivity (Wildman–Crippen MR) is 162 cm³/mol. The van der Waals surface area contributed by atoms with Crippen LogP contribution in [0.5, 0.6) is 0 Å². The number of benzene rings is 5. The standard InChI is InChI=1S/C32H19N3S3/c1-4-13-27-22(8-1)23-9-7-10-24(30(23)37-27)31-33-32(38-34-31)20-16-18-21(19-17-20)35-25-11-2-5-14-28(25)36-29-15-6-3-12-26(29)35/h1-19H. The zero-order valence-electron chi connectivity index (χ0n) is 20.0. The lowest BCUT2D eigenvalue weighted by molar-refractivity contribution is 1.17. The minimum atomic E-state index is 0.794. The van der Waals surface area contributed by atoms with E-state index in [4.69, 9.17) is 9.36 Å². The molecule has 2 aromatic heterocycles. The smallest absolute Gasteiger partial charge is 0.174 e. The van der Waals surface area contributed by atoms with Crippen LogP contribution in [-0.2, 0) is 0 Å². The number of thiophene rings is 1. The molecular weight excluding hydrogens is 523 g/mol. The molecule has 1 aliphatic heterocycles. The highest BCUT2D eigenvalue weighted by atomic mass is 32.2. The lowest BCUT2D eigenvalue weighted by Gasteiger charge is -2.32. The van der Waals surface area contributed by atoms with Crippen LogP contribution in [0.2, 0.25) is 0 Å². The van der Waals surface area contributed by atoms with E-state index in [-0.39, 0.29) is 0 Å². The molecule has 5 aromatic carbocycles. The molecule has 7 aromatic rings. The number of hydrogen-bond acceptors (Lipinski definition) is 6. The monoisotopic (exact) mass is 541 g/mol. The zero-order chi connectivity index (χ0) is 25.1. The zero-order valence-corrected chi connectivity index (χ0v) is 22.5. The van der Waals surface area contributed by atoms with Crippen molar-refractivity contribution in [3.8, 4) is 22.0 Å². The maximum Gasteiger partial charge on any atom is 0.174 e. The Kier molecular flexibility index (Phi) is 5.11. The summed E-state index contributed by atoms with van der Waals surface area (Å²) in [5.41, 5.74) is 5.72. The van der Waals surface area contributed by atoms with Crippen molar-refractivity contribution in [3.63, 3.8) is 0 Å². The SMILES string of the molecule is c1ccc2c(c1)Sc1ccccc1N2c1ccc(-c2nc(-c3cccc4c3sc3ccccc34)ns2)cc1. The number of rotatable bonds is 3. The van der Waals surface area contributed by atoms with Crippen LogP contribution in [0.15, 0.2) is 125 Å². The molecule has 180 valence electrons. The number of nitrogens with zero attached hydrogens (tertiary/aromatic N) is 3. The predicted octanol–water partition coefficient (Wildman–Crippen LogP) is 10.2. The van der Waals surface area contributed by atoms with Crippen LogP contribution >= 0.6 is 34.6 Å². The summed E-state index contributed by atoms with van der Waals surface area (Å²) in [6.45, 7) is 0. The average molecular weight is 542 g/mol. The van der Waals surface area contributed by atoms with Crippen molar-refractivity contribution in [2.45, 2.75) is 9.79 Å². The summed E-state index contributed by atoms with van der Waals surface area (Å²) in [6, 6.07) is 40.9. The first-order valence-corrected chi connectivity index (χ1v) is 14.7. The lowest BCUT2D eigenvalue weighted by Crippen LogP contribution is -2.14. The van der Waals surface area contributed by atoms with E-state index in [9.17, 15) is 0 Å². The molecule has 3 heterocycles. The summed E-state index contributed by atoms with van der Waals surface area (Å²) >= 11 is 5.10. The van der Waals surface area contributed by atoms with E-state index in [1.54, 1.807) is 0 Å². The fourth-order valence-corrected chi connectivity index (χ4v) is 8.06. The molecule has 0 radical (unpaired) electrons. The first kappa shape index (κ1) is 22.1. The molecule has 6 heteroatoms. The van der Waals surface area contributed by atoms with E-state index in [2.05, 4.69) is 120 Å². The third kappa shape index (κ3) is 3.49. The Morgan fingerprint density at radius 2 is 1.29 bits per heavy atom. The van der Waals surface area contributed by atoms with Crippen molar-refractivity contribution in [2.75, 3.05) is 4.90 Å². The normalized spacial score (nSPS) is 12.6. The molecule has 0 N–H and O–H groups in total. The van der Waals surface area contributed by atoms with E-state index in [1.807, 2.05) is 23.1 Å². The summed E-state index contributed by atoms with van der Waals surface area (Å²) < 4.78 is 7.32.